The van der Waals surface area contributed by atoms with E-state index in [0.717, 1.165) is 19.5 Å². The molecule has 0 aromatic carbocycles. The number of unbranched alkanes of at least 4 members (excludes halogenated alkanes) is 4. The Morgan fingerprint density at radius 1 is 1.12 bits per heavy atom. The van der Waals surface area contributed by atoms with Gasteiger partial charge in [-0.1, -0.05) is 32.6 Å². The summed E-state index contributed by atoms with van der Waals surface area (Å²) in [4.78, 5) is 14.0. The summed E-state index contributed by atoms with van der Waals surface area (Å²) in [7, 11) is 0. The van der Waals surface area contributed by atoms with E-state index in [4.69, 9.17) is 0 Å². The number of rotatable bonds is 9. The zero-order valence-corrected chi connectivity index (χ0v) is 11.3. The van der Waals surface area contributed by atoms with Gasteiger partial charge in [0.1, 0.15) is 0 Å². The molecule has 1 saturated heterocycles. The van der Waals surface area contributed by atoms with Crippen molar-refractivity contribution < 1.29 is 4.79 Å². The van der Waals surface area contributed by atoms with Gasteiger partial charge in [0.15, 0.2) is 0 Å². The molecule has 1 aliphatic rings. The van der Waals surface area contributed by atoms with E-state index >= 15 is 0 Å². The fourth-order valence-corrected chi connectivity index (χ4v) is 2.34. The van der Waals surface area contributed by atoms with Crippen LogP contribution in [-0.2, 0) is 4.79 Å². The Hall–Kier alpha value is -0.570. The first-order valence-corrected chi connectivity index (χ1v) is 7.32. The molecule has 0 aromatic rings. The molecule has 1 heterocycles. The van der Waals surface area contributed by atoms with Gasteiger partial charge in [0.05, 0.1) is 0 Å². The number of carbonyl (C=O) groups excluding carboxylic acids is 1. The predicted octanol–water partition coefficient (Wildman–Crippen LogP) is 2.56. The fourth-order valence-electron chi connectivity index (χ4n) is 2.34. The second-order valence-electron chi connectivity index (χ2n) is 5.06. The second kappa shape index (κ2) is 9.46. The van der Waals surface area contributed by atoms with Crippen molar-refractivity contribution in [2.45, 2.75) is 58.3 Å². The largest absolute Gasteiger partial charge is 0.355 e. The van der Waals surface area contributed by atoms with Gasteiger partial charge in [0.25, 0.3) is 0 Å². The van der Waals surface area contributed by atoms with Crippen molar-refractivity contribution in [1.29, 1.82) is 0 Å². The summed E-state index contributed by atoms with van der Waals surface area (Å²) in [6.07, 6.45) is 9.46. The normalized spacial score (nSPS) is 16.3. The molecule has 1 amide bonds. The van der Waals surface area contributed by atoms with Gasteiger partial charge in [-0.05, 0) is 32.4 Å². The maximum atomic E-state index is 11.5. The van der Waals surface area contributed by atoms with Crippen LogP contribution in [0, 0.1) is 0 Å². The molecule has 1 N–H and O–H groups in total. The van der Waals surface area contributed by atoms with Gasteiger partial charge in [-0.25, -0.2) is 0 Å². The Balaban J connectivity index is 1.86. The first kappa shape index (κ1) is 14.5. The van der Waals surface area contributed by atoms with Crippen molar-refractivity contribution in [3.05, 3.63) is 0 Å². The Kier molecular flexibility index (Phi) is 8.06. The summed E-state index contributed by atoms with van der Waals surface area (Å²) in [5.41, 5.74) is 0. The van der Waals surface area contributed by atoms with Crippen LogP contribution in [-0.4, -0.2) is 37.0 Å². The van der Waals surface area contributed by atoms with E-state index < -0.39 is 0 Å². The lowest BCUT2D eigenvalue weighted by molar-refractivity contribution is -0.121. The average Bonchev–Trinajstić information content (AvgIpc) is 2.82. The first-order valence-electron chi connectivity index (χ1n) is 7.32. The number of nitrogens with one attached hydrogen (secondary N) is 1. The molecule has 0 spiro atoms. The Morgan fingerprint density at radius 3 is 2.53 bits per heavy atom. The number of hydrogen-bond donors (Lipinski definition) is 1. The summed E-state index contributed by atoms with van der Waals surface area (Å²) in [5, 5.41) is 3.02. The number of amides is 1. The molecular weight excluding hydrogens is 212 g/mol. The first-order chi connectivity index (χ1) is 8.33. The molecule has 1 fully saturated rings. The molecule has 0 aliphatic carbocycles. The smallest absolute Gasteiger partial charge is 0.220 e. The zero-order valence-electron chi connectivity index (χ0n) is 11.3. The number of hydrogen-bond acceptors (Lipinski definition) is 2. The quantitative estimate of drug-likeness (QED) is 0.628. The lowest BCUT2D eigenvalue weighted by Gasteiger charge is -2.14. The highest BCUT2D eigenvalue weighted by atomic mass is 16.1. The van der Waals surface area contributed by atoms with Gasteiger partial charge in [-0.2, -0.15) is 0 Å². The van der Waals surface area contributed by atoms with Crippen LogP contribution in [0.5, 0.6) is 0 Å². The van der Waals surface area contributed by atoms with E-state index in [9.17, 15) is 4.79 Å². The van der Waals surface area contributed by atoms with E-state index in [1.165, 1.54) is 51.6 Å². The van der Waals surface area contributed by atoms with E-state index in [1.807, 2.05) is 0 Å². The van der Waals surface area contributed by atoms with E-state index in [1.54, 1.807) is 0 Å². The maximum absolute atomic E-state index is 11.5. The van der Waals surface area contributed by atoms with Crippen molar-refractivity contribution >= 4 is 5.91 Å². The molecule has 3 heteroatoms. The highest BCUT2D eigenvalue weighted by molar-refractivity contribution is 5.75. The summed E-state index contributed by atoms with van der Waals surface area (Å²) in [6.45, 7) is 6.50. The minimum absolute atomic E-state index is 0.237. The zero-order chi connectivity index (χ0) is 12.3. The van der Waals surface area contributed by atoms with Gasteiger partial charge in [-0.3, -0.25) is 4.79 Å². The van der Waals surface area contributed by atoms with E-state index in [0.29, 0.717) is 6.42 Å². The summed E-state index contributed by atoms with van der Waals surface area (Å²) in [5.74, 6) is 0.237. The molecule has 1 aliphatic heterocycles. The Bertz CT molecular complexity index is 200. The van der Waals surface area contributed by atoms with Crippen molar-refractivity contribution in [3.8, 4) is 0 Å². The summed E-state index contributed by atoms with van der Waals surface area (Å²) >= 11 is 0. The van der Waals surface area contributed by atoms with Gasteiger partial charge in [0, 0.05) is 19.5 Å². The van der Waals surface area contributed by atoms with E-state index in [-0.39, 0.29) is 5.91 Å². The Labute approximate surface area is 106 Å². The second-order valence-corrected chi connectivity index (χ2v) is 5.06. The Morgan fingerprint density at radius 2 is 1.82 bits per heavy atom. The van der Waals surface area contributed by atoms with Crippen LogP contribution in [0.2, 0.25) is 0 Å². The predicted molar refractivity (Wildman–Crippen MR) is 72.1 cm³/mol. The third-order valence-electron chi connectivity index (χ3n) is 3.46. The van der Waals surface area contributed by atoms with Crippen LogP contribution < -0.4 is 5.32 Å². The van der Waals surface area contributed by atoms with E-state index in [2.05, 4.69) is 17.1 Å². The lowest BCUT2D eigenvalue weighted by Crippen LogP contribution is -2.33. The topological polar surface area (TPSA) is 32.3 Å². The van der Waals surface area contributed by atoms with Crippen molar-refractivity contribution in [2.24, 2.45) is 0 Å². The third-order valence-corrected chi connectivity index (χ3v) is 3.46. The van der Waals surface area contributed by atoms with Crippen LogP contribution in [0.1, 0.15) is 58.3 Å². The van der Waals surface area contributed by atoms with Crippen LogP contribution in [0.4, 0.5) is 0 Å². The number of nitrogens with zero attached hydrogens (tertiary/aromatic N) is 1. The molecule has 0 atom stereocenters. The van der Waals surface area contributed by atoms with Gasteiger partial charge < -0.3 is 10.2 Å². The molecule has 1 rings (SSSR count). The summed E-state index contributed by atoms with van der Waals surface area (Å²) < 4.78 is 0. The summed E-state index contributed by atoms with van der Waals surface area (Å²) in [6, 6.07) is 0. The van der Waals surface area contributed by atoms with Gasteiger partial charge in [-0.15, -0.1) is 0 Å². The monoisotopic (exact) mass is 240 g/mol. The molecule has 0 radical (unpaired) electrons. The van der Waals surface area contributed by atoms with Crippen LogP contribution in [0.3, 0.4) is 0 Å². The number of likely N-dealkylation sites (tertiary alicyclic amines) is 1. The van der Waals surface area contributed by atoms with Crippen LogP contribution in [0.15, 0.2) is 0 Å². The van der Waals surface area contributed by atoms with Crippen molar-refractivity contribution in [2.75, 3.05) is 26.2 Å². The third kappa shape index (κ3) is 7.37. The van der Waals surface area contributed by atoms with Crippen molar-refractivity contribution in [3.63, 3.8) is 0 Å². The molecule has 0 aromatic heterocycles. The van der Waals surface area contributed by atoms with Gasteiger partial charge in [0.2, 0.25) is 5.91 Å². The molecule has 3 nitrogen and oxygen atoms in total. The highest BCUT2D eigenvalue weighted by Crippen LogP contribution is 2.06. The molecule has 17 heavy (non-hydrogen) atoms. The minimum atomic E-state index is 0.237. The molecular formula is C14H28N2O. The molecule has 100 valence electrons. The maximum Gasteiger partial charge on any atom is 0.220 e. The number of carbonyl (C=O) groups is 1. The molecule has 0 saturated carbocycles. The van der Waals surface area contributed by atoms with Gasteiger partial charge >= 0.3 is 0 Å². The average molecular weight is 240 g/mol. The van der Waals surface area contributed by atoms with Crippen molar-refractivity contribution in [1.82, 2.24) is 10.2 Å². The molecule has 0 unspecified atom stereocenters. The van der Waals surface area contributed by atoms with Crippen LogP contribution >= 0.6 is 0 Å². The van der Waals surface area contributed by atoms with Crippen LogP contribution in [0.25, 0.3) is 0 Å². The lowest BCUT2D eigenvalue weighted by atomic mass is 10.1. The fraction of sp³-hybridized carbons (Fsp3) is 0.929. The minimum Gasteiger partial charge on any atom is -0.355 e. The highest BCUT2D eigenvalue weighted by Gasteiger charge is 2.10. The standard InChI is InChI=1S/C14H28N2O/c1-2-3-4-5-6-9-14(17)15-10-13-16-11-7-8-12-16/h2-13H2,1H3,(H,15,17). The molecule has 0 bridgehead atoms. The SMILES string of the molecule is CCCCCCCC(=O)NCCN1CCCC1.